The second-order valence-corrected chi connectivity index (χ2v) is 9.46. The first-order valence-corrected chi connectivity index (χ1v) is 12.4. The number of fused-ring (bicyclic) bond motifs is 1. The fourth-order valence-electron chi connectivity index (χ4n) is 4.56. The molecule has 36 heavy (non-hydrogen) atoms. The number of hydrogen-bond acceptors (Lipinski definition) is 4. The van der Waals surface area contributed by atoms with Crippen LogP contribution in [0.5, 0.6) is 0 Å². The Morgan fingerprint density at radius 1 is 1.03 bits per heavy atom. The van der Waals surface area contributed by atoms with Crippen LogP contribution < -0.4 is 10.6 Å². The van der Waals surface area contributed by atoms with Crippen molar-refractivity contribution < 1.29 is 14.4 Å². The van der Waals surface area contributed by atoms with E-state index in [0.29, 0.717) is 32.5 Å². The van der Waals surface area contributed by atoms with Crippen molar-refractivity contribution in [3.8, 4) is 0 Å². The van der Waals surface area contributed by atoms with Crippen molar-refractivity contribution in [2.24, 2.45) is 0 Å². The first kappa shape index (κ1) is 25.2. The van der Waals surface area contributed by atoms with E-state index in [1.807, 2.05) is 68.4 Å². The van der Waals surface area contributed by atoms with E-state index in [-0.39, 0.29) is 29.7 Å². The number of aromatic nitrogens is 2. The third kappa shape index (κ3) is 5.17. The molecule has 0 radical (unpaired) electrons. The minimum atomic E-state index is -1.10. The summed E-state index contributed by atoms with van der Waals surface area (Å²) >= 11 is 0. The lowest BCUT2D eigenvalue weighted by Crippen LogP contribution is -2.64. The van der Waals surface area contributed by atoms with E-state index in [1.165, 1.54) is 6.33 Å². The molecule has 0 saturated heterocycles. The minimum absolute atomic E-state index is 0.0938. The molecule has 0 aliphatic carbocycles. The third-order valence-corrected chi connectivity index (χ3v) is 6.63. The predicted molar refractivity (Wildman–Crippen MR) is 137 cm³/mol. The van der Waals surface area contributed by atoms with Gasteiger partial charge in [-0.3, -0.25) is 14.4 Å². The Hall–Kier alpha value is -3.94. The van der Waals surface area contributed by atoms with Gasteiger partial charge in [0.05, 0.1) is 12.9 Å². The number of nitrogens with zero attached hydrogens (tertiary/aromatic N) is 3. The zero-order valence-corrected chi connectivity index (χ0v) is 21.1. The van der Waals surface area contributed by atoms with Crippen molar-refractivity contribution in [2.75, 3.05) is 13.1 Å². The molecule has 0 unspecified atom stereocenters. The molecule has 4 rings (SSSR count). The molecule has 2 heterocycles. The van der Waals surface area contributed by atoms with Crippen molar-refractivity contribution in [2.45, 2.75) is 52.2 Å². The lowest BCUT2D eigenvalue weighted by molar-refractivity contribution is -0.133. The van der Waals surface area contributed by atoms with Crippen molar-refractivity contribution in [3.05, 3.63) is 89.0 Å². The summed E-state index contributed by atoms with van der Waals surface area (Å²) < 4.78 is 1.63. The number of carbonyl (C=O) groups is 3. The summed E-state index contributed by atoms with van der Waals surface area (Å²) in [6, 6.07) is 17.8. The summed E-state index contributed by atoms with van der Waals surface area (Å²) in [5.41, 5.74) is 2.46. The second-order valence-electron chi connectivity index (χ2n) is 9.46. The van der Waals surface area contributed by atoms with Crippen LogP contribution in [0.1, 0.15) is 57.9 Å². The van der Waals surface area contributed by atoms with Gasteiger partial charge in [0.25, 0.3) is 11.8 Å². The maximum Gasteiger partial charge on any atom is 0.273 e. The van der Waals surface area contributed by atoms with E-state index >= 15 is 0 Å². The molecule has 1 atom stereocenters. The van der Waals surface area contributed by atoms with E-state index < -0.39 is 11.4 Å². The Bertz CT molecular complexity index is 1240. The van der Waals surface area contributed by atoms with Gasteiger partial charge < -0.3 is 20.1 Å². The number of rotatable bonds is 9. The lowest BCUT2D eigenvalue weighted by atomic mass is 9.93. The zero-order chi connectivity index (χ0) is 25.7. The van der Waals surface area contributed by atoms with Gasteiger partial charge in [-0.2, -0.15) is 0 Å². The average molecular weight is 488 g/mol. The monoisotopic (exact) mass is 487 g/mol. The average Bonchev–Trinajstić information content (AvgIpc) is 3.30. The van der Waals surface area contributed by atoms with E-state index in [4.69, 9.17) is 0 Å². The first-order valence-electron chi connectivity index (χ1n) is 12.4. The summed E-state index contributed by atoms with van der Waals surface area (Å²) in [6.07, 6.45) is 2.84. The van der Waals surface area contributed by atoms with Gasteiger partial charge in [-0.1, -0.05) is 67.1 Å². The molecule has 2 aromatic carbocycles. The van der Waals surface area contributed by atoms with Gasteiger partial charge >= 0.3 is 0 Å². The summed E-state index contributed by atoms with van der Waals surface area (Å²) in [5, 5.41) is 5.87. The SMILES string of the molecule is CCCN1C(=O)c2c(C(=O)NCCc3ccccc3)ncn2C[C@]1(C)C(=O)NCc1ccc(C)cc1. The highest BCUT2D eigenvalue weighted by molar-refractivity contribution is 6.07. The molecule has 0 spiro atoms. The maximum atomic E-state index is 13.6. The van der Waals surface area contributed by atoms with Crippen LogP contribution in [-0.4, -0.2) is 50.8 Å². The molecule has 1 aromatic heterocycles. The predicted octanol–water partition coefficient (Wildman–Crippen LogP) is 3.10. The van der Waals surface area contributed by atoms with E-state index in [9.17, 15) is 14.4 Å². The molecule has 1 aliphatic heterocycles. The number of amides is 3. The van der Waals surface area contributed by atoms with Gasteiger partial charge in [-0.25, -0.2) is 4.98 Å². The van der Waals surface area contributed by atoms with Gasteiger partial charge in [0.1, 0.15) is 11.2 Å². The highest BCUT2D eigenvalue weighted by atomic mass is 16.2. The zero-order valence-electron chi connectivity index (χ0n) is 21.1. The molecule has 3 amide bonds. The van der Waals surface area contributed by atoms with Gasteiger partial charge in [-0.15, -0.1) is 0 Å². The number of nitrogens with one attached hydrogen (secondary N) is 2. The summed E-state index contributed by atoms with van der Waals surface area (Å²) in [6.45, 7) is 7.16. The van der Waals surface area contributed by atoms with Crippen LogP contribution in [0.2, 0.25) is 0 Å². The van der Waals surface area contributed by atoms with Gasteiger partial charge in [0.15, 0.2) is 5.69 Å². The normalized spacial score (nSPS) is 17.0. The number of carbonyl (C=O) groups excluding carboxylic acids is 3. The van der Waals surface area contributed by atoms with Crippen LogP contribution in [-0.2, 0) is 24.3 Å². The summed E-state index contributed by atoms with van der Waals surface area (Å²) in [4.78, 5) is 45.8. The van der Waals surface area contributed by atoms with Gasteiger partial charge in [0, 0.05) is 19.6 Å². The van der Waals surface area contributed by atoms with Crippen molar-refractivity contribution in [1.29, 1.82) is 0 Å². The Morgan fingerprint density at radius 3 is 2.44 bits per heavy atom. The molecule has 1 aliphatic rings. The quantitative estimate of drug-likeness (QED) is 0.485. The third-order valence-electron chi connectivity index (χ3n) is 6.63. The van der Waals surface area contributed by atoms with Crippen LogP contribution in [0.15, 0.2) is 60.9 Å². The van der Waals surface area contributed by atoms with Crippen molar-refractivity contribution in [3.63, 3.8) is 0 Å². The van der Waals surface area contributed by atoms with Gasteiger partial charge in [-0.05, 0) is 37.8 Å². The first-order chi connectivity index (χ1) is 17.3. The van der Waals surface area contributed by atoms with E-state index in [1.54, 1.807) is 16.4 Å². The Labute approximate surface area is 211 Å². The molecule has 8 heteroatoms. The van der Waals surface area contributed by atoms with Gasteiger partial charge in [0.2, 0.25) is 5.91 Å². The van der Waals surface area contributed by atoms with E-state index in [2.05, 4.69) is 15.6 Å². The minimum Gasteiger partial charge on any atom is -0.350 e. The summed E-state index contributed by atoms with van der Waals surface area (Å²) in [5.74, 6) is -0.989. The maximum absolute atomic E-state index is 13.6. The Kier molecular flexibility index (Phi) is 7.52. The molecular formula is C28H33N5O3. The molecule has 0 saturated carbocycles. The van der Waals surface area contributed by atoms with Crippen LogP contribution in [0.4, 0.5) is 0 Å². The molecule has 0 fully saturated rings. The molecule has 188 valence electrons. The Balaban J connectivity index is 1.49. The smallest absolute Gasteiger partial charge is 0.273 e. The summed E-state index contributed by atoms with van der Waals surface area (Å²) in [7, 11) is 0. The lowest BCUT2D eigenvalue weighted by Gasteiger charge is -2.43. The topological polar surface area (TPSA) is 96.3 Å². The largest absolute Gasteiger partial charge is 0.350 e. The van der Waals surface area contributed by atoms with Crippen molar-refractivity contribution >= 4 is 17.7 Å². The molecule has 2 N–H and O–H groups in total. The Morgan fingerprint density at radius 2 is 1.75 bits per heavy atom. The fourth-order valence-corrected chi connectivity index (χ4v) is 4.56. The number of imidazole rings is 1. The molecular weight excluding hydrogens is 454 g/mol. The standard InChI is InChI=1S/C28H33N5O3/c1-4-16-33-26(35)24-23(25(34)29-15-14-21-8-6-5-7-9-21)31-19-32(24)18-28(33,3)27(36)30-17-22-12-10-20(2)11-13-22/h5-13,19H,4,14-18H2,1-3H3,(H,29,34)(H,30,36)/t28-/m1/s1. The van der Waals surface area contributed by atoms with Crippen LogP contribution in [0, 0.1) is 6.92 Å². The molecule has 3 aromatic rings. The van der Waals surface area contributed by atoms with Crippen molar-refractivity contribution in [1.82, 2.24) is 25.1 Å². The number of hydrogen-bond donors (Lipinski definition) is 2. The number of benzene rings is 2. The fraction of sp³-hybridized carbons (Fsp3) is 0.357. The van der Waals surface area contributed by atoms with Crippen LogP contribution in [0.3, 0.4) is 0 Å². The van der Waals surface area contributed by atoms with E-state index in [0.717, 1.165) is 16.7 Å². The highest BCUT2D eigenvalue weighted by Crippen LogP contribution is 2.29. The highest BCUT2D eigenvalue weighted by Gasteiger charge is 2.48. The molecule has 0 bridgehead atoms. The van der Waals surface area contributed by atoms with Crippen LogP contribution in [0.25, 0.3) is 0 Å². The second kappa shape index (κ2) is 10.8. The van der Waals surface area contributed by atoms with Crippen LogP contribution >= 0.6 is 0 Å². The number of aryl methyl sites for hydroxylation is 1. The molecule has 8 nitrogen and oxygen atoms in total.